The monoisotopic (exact) mass is 210 g/mol. The van der Waals surface area contributed by atoms with Crippen LogP contribution in [0, 0.1) is 6.92 Å². The average Bonchev–Trinajstić information content (AvgIpc) is 2.30. The Morgan fingerprint density at radius 2 is 1.50 bits per heavy atom. The topological polar surface area (TPSA) is 0 Å². The third kappa shape index (κ3) is 2.33. The summed E-state index contributed by atoms with van der Waals surface area (Å²) in [5.41, 5.74) is 5.32. The molecule has 0 heteroatoms. The maximum atomic E-state index is 2.29. The fourth-order valence-electron chi connectivity index (χ4n) is 1.82. The van der Waals surface area contributed by atoms with Crippen LogP contribution in [0.3, 0.4) is 0 Å². The zero-order chi connectivity index (χ0) is 11.5. The van der Waals surface area contributed by atoms with E-state index in [4.69, 9.17) is 0 Å². The van der Waals surface area contributed by atoms with Gasteiger partial charge in [0.15, 0.2) is 0 Å². The van der Waals surface area contributed by atoms with E-state index in [0.29, 0.717) is 5.92 Å². The van der Waals surface area contributed by atoms with Crippen molar-refractivity contribution in [2.45, 2.75) is 26.7 Å². The lowest BCUT2D eigenvalue weighted by Crippen LogP contribution is -1.87. The van der Waals surface area contributed by atoms with Crippen LogP contribution in [0.25, 0.3) is 11.1 Å². The molecule has 0 bridgehead atoms. The molecule has 0 aromatic heterocycles. The Labute approximate surface area is 97.9 Å². The van der Waals surface area contributed by atoms with Crippen molar-refractivity contribution >= 4 is 0 Å². The molecule has 0 atom stereocenters. The van der Waals surface area contributed by atoms with Crippen LogP contribution in [0.15, 0.2) is 48.5 Å². The molecule has 0 unspecified atom stereocenters. The number of hydrogen-bond donors (Lipinski definition) is 0. The van der Waals surface area contributed by atoms with Crippen molar-refractivity contribution in [3.63, 3.8) is 0 Å². The molecule has 0 aliphatic rings. The lowest BCUT2D eigenvalue weighted by atomic mass is 9.97. The molecule has 0 N–H and O–H groups in total. The molecule has 2 rings (SSSR count). The summed E-state index contributed by atoms with van der Waals surface area (Å²) in [5, 5.41) is 0. The van der Waals surface area contributed by atoms with Crippen molar-refractivity contribution < 1.29 is 0 Å². The summed E-state index contributed by atoms with van der Waals surface area (Å²) in [6, 6.07) is 17.5. The van der Waals surface area contributed by atoms with Crippen LogP contribution < -0.4 is 0 Å². The van der Waals surface area contributed by atoms with Gasteiger partial charge in [-0.1, -0.05) is 67.9 Å². The lowest BCUT2D eigenvalue weighted by molar-refractivity contribution is 0.867. The third-order valence-corrected chi connectivity index (χ3v) is 2.94. The summed E-state index contributed by atoms with van der Waals surface area (Å²) in [5.74, 6) is 0.588. The molecule has 0 aliphatic heterocycles. The molecule has 0 aliphatic carbocycles. The maximum absolute atomic E-state index is 2.29. The van der Waals surface area contributed by atoms with E-state index in [1.54, 1.807) is 0 Å². The molecule has 0 spiro atoms. The second-order valence-electron chi connectivity index (χ2n) is 4.65. The van der Waals surface area contributed by atoms with Gasteiger partial charge in [-0.15, -0.1) is 0 Å². The van der Waals surface area contributed by atoms with Gasteiger partial charge in [-0.05, 0) is 29.5 Å². The van der Waals surface area contributed by atoms with Gasteiger partial charge in [0.2, 0.25) is 0 Å². The molecule has 82 valence electrons. The second-order valence-corrected chi connectivity index (χ2v) is 4.65. The van der Waals surface area contributed by atoms with E-state index in [9.17, 15) is 0 Å². The summed E-state index contributed by atoms with van der Waals surface area (Å²) in [6.07, 6.45) is 0. The smallest absolute Gasteiger partial charge is 0.0181 e. The van der Waals surface area contributed by atoms with Crippen molar-refractivity contribution in [3.8, 4) is 11.1 Å². The van der Waals surface area contributed by atoms with Gasteiger partial charge >= 0.3 is 0 Å². The van der Waals surface area contributed by atoms with Gasteiger partial charge in [-0.3, -0.25) is 0 Å². The Balaban J connectivity index is 2.40. The first kappa shape index (κ1) is 10.9. The first-order chi connectivity index (χ1) is 7.66. The van der Waals surface area contributed by atoms with Crippen LogP contribution in [-0.4, -0.2) is 0 Å². The minimum atomic E-state index is 0.588. The second kappa shape index (κ2) is 4.52. The number of benzene rings is 2. The van der Waals surface area contributed by atoms with Gasteiger partial charge in [-0.2, -0.15) is 0 Å². The average molecular weight is 210 g/mol. The first-order valence-corrected chi connectivity index (χ1v) is 5.84. The van der Waals surface area contributed by atoms with Crippen LogP contribution in [0.1, 0.15) is 30.9 Å². The fraction of sp³-hybridized carbons (Fsp3) is 0.250. The van der Waals surface area contributed by atoms with Crippen molar-refractivity contribution in [2.24, 2.45) is 0 Å². The van der Waals surface area contributed by atoms with Crippen molar-refractivity contribution in [1.29, 1.82) is 0 Å². The van der Waals surface area contributed by atoms with Crippen LogP contribution in [-0.2, 0) is 0 Å². The molecule has 0 saturated carbocycles. The first-order valence-electron chi connectivity index (χ1n) is 5.84. The van der Waals surface area contributed by atoms with Crippen LogP contribution in [0.2, 0.25) is 0 Å². The minimum Gasteiger partial charge on any atom is -0.0614 e. The highest BCUT2D eigenvalue weighted by Crippen LogP contribution is 2.24. The molecule has 0 nitrogen and oxygen atoms in total. The van der Waals surface area contributed by atoms with Gasteiger partial charge in [0, 0.05) is 0 Å². The van der Waals surface area contributed by atoms with Crippen LogP contribution in [0.5, 0.6) is 0 Å². The molecular weight excluding hydrogens is 192 g/mol. The zero-order valence-electron chi connectivity index (χ0n) is 10.2. The summed E-state index contributed by atoms with van der Waals surface area (Å²) in [4.78, 5) is 0. The summed E-state index contributed by atoms with van der Waals surface area (Å²) >= 11 is 0. The Hall–Kier alpha value is -1.56. The zero-order valence-corrected chi connectivity index (χ0v) is 10.2. The predicted octanol–water partition coefficient (Wildman–Crippen LogP) is 4.79. The Bertz CT molecular complexity index is 464. The van der Waals surface area contributed by atoms with Gasteiger partial charge in [0.25, 0.3) is 0 Å². The van der Waals surface area contributed by atoms with Crippen LogP contribution in [0.4, 0.5) is 0 Å². The van der Waals surface area contributed by atoms with Crippen LogP contribution >= 0.6 is 0 Å². The number of hydrogen-bond acceptors (Lipinski definition) is 0. The largest absolute Gasteiger partial charge is 0.0614 e. The Morgan fingerprint density at radius 3 is 2.12 bits per heavy atom. The summed E-state index contributed by atoms with van der Waals surface area (Å²) < 4.78 is 0. The van der Waals surface area contributed by atoms with Crippen molar-refractivity contribution in [1.82, 2.24) is 0 Å². The maximum Gasteiger partial charge on any atom is -0.0181 e. The number of rotatable bonds is 2. The highest BCUT2D eigenvalue weighted by Gasteiger charge is 2.01. The molecule has 0 heterocycles. The summed E-state index contributed by atoms with van der Waals surface area (Å²) in [6.45, 7) is 6.58. The number of aryl methyl sites for hydroxylation is 1. The molecule has 0 fully saturated rings. The minimum absolute atomic E-state index is 0.588. The van der Waals surface area contributed by atoms with Crippen molar-refractivity contribution in [2.75, 3.05) is 0 Å². The fourth-order valence-corrected chi connectivity index (χ4v) is 1.82. The third-order valence-electron chi connectivity index (χ3n) is 2.94. The van der Waals surface area contributed by atoms with Gasteiger partial charge < -0.3 is 0 Å². The van der Waals surface area contributed by atoms with Gasteiger partial charge in [0.05, 0.1) is 0 Å². The normalized spacial score (nSPS) is 10.8. The van der Waals surface area contributed by atoms with Gasteiger partial charge in [-0.25, -0.2) is 0 Å². The van der Waals surface area contributed by atoms with E-state index in [1.165, 1.54) is 22.3 Å². The SMILES string of the molecule is Cc1ccc(-c2cccc(C(C)C)c2)cc1. The standard InChI is InChI=1S/C16H18/c1-12(2)15-5-4-6-16(11-15)14-9-7-13(3)8-10-14/h4-12H,1-3H3. The van der Waals surface area contributed by atoms with Gasteiger partial charge in [0.1, 0.15) is 0 Å². The quantitative estimate of drug-likeness (QED) is 0.668. The summed E-state index contributed by atoms with van der Waals surface area (Å²) in [7, 11) is 0. The highest BCUT2D eigenvalue weighted by atomic mass is 14.1. The van der Waals surface area contributed by atoms with E-state index < -0.39 is 0 Å². The molecule has 2 aromatic carbocycles. The highest BCUT2D eigenvalue weighted by molar-refractivity contribution is 5.64. The predicted molar refractivity (Wildman–Crippen MR) is 70.7 cm³/mol. The van der Waals surface area contributed by atoms with E-state index in [0.717, 1.165) is 0 Å². The van der Waals surface area contributed by atoms with E-state index >= 15 is 0 Å². The van der Waals surface area contributed by atoms with E-state index in [2.05, 4.69) is 69.3 Å². The Morgan fingerprint density at radius 1 is 0.812 bits per heavy atom. The molecular formula is C16H18. The molecule has 2 aromatic rings. The molecule has 0 saturated heterocycles. The molecule has 0 radical (unpaired) electrons. The van der Waals surface area contributed by atoms with Crippen molar-refractivity contribution in [3.05, 3.63) is 59.7 Å². The Kier molecular flexibility index (Phi) is 3.09. The van der Waals surface area contributed by atoms with E-state index in [-0.39, 0.29) is 0 Å². The molecule has 0 amide bonds. The lowest BCUT2D eigenvalue weighted by Gasteiger charge is -2.08. The van der Waals surface area contributed by atoms with E-state index in [1.807, 2.05) is 0 Å². The molecule has 16 heavy (non-hydrogen) atoms.